The van der Waals surface area contributed by atoms with Crippen LogP contribution in [0, 0.1) is 5.92 Å². The van der Waals surface area contributed by atoms with Crippen molar-refractivity contribution in [3.05, 3.63) is 71.8 Å². The van der Waals surface area contributed by atoms with E-state index in [1.807, 2.05) is 81.4 Å². The Morgan fingerprint density at radius 2 is 1.50 bits per heavy atom. The number of likely N-dealkylation sites (tertiary alicyclic amines) is 1. The second-order valence-corrected chi connectivity index (χ2v) is 9.31. The standard InChI is InChI=1S/C28H39N3O3/c1-21(2)34-20-10-17-29-28(33)25-15-18-31(19-16-25)22(3)27(32)30-26(23-11-6-4-7-12-23)24-13-8-5-9-14-24/h4-9,11-14,21-22,25-26H,10,15-20H2,1-3H3,(H,29,33)(H,30,32). The molecule has 1 unspecified atom stereocenters. The van der Waals surface area contributed by atoms with Gasteiger partial charge in [0.05, 0.1) is 18.2 Å². The lowest BCUT2D eigenvalue weighted by molar-refractivity contribution is -0.128. The Hall–Kier alpha value is -2.70. The van der Waals surface area contributed by atoms with E-state index in [9.17, 15) is 9.59 Å². The Morgan fingerprint density at radius 1 is 0.941 bits per heavy atom. The van der Waals surface area contributed by atoms with Gasteiger partial charge in [-0.1, -0.05) is 60.7 Å². The molecule has 6 heteroatoms. The summed E-state index contributed by atoms with van der Waals surface area (Å²) in [7, 11) is 0. The van der Waals surface area contributed by atoms with Gasteiger partial charge in [0.2, 0.25) is 11.8 Å². The number of hydrogen-bond acceptors (Lipinski definition) is 4. The molecule has 1 heterocycles. The third-order valence-electron chi connectivity index (χ3n) is 6.45. The van der Waals surface area contributed by atoms with Crippen LogP contribution < -0.4 is 10.6 Å². The molecule has 1 aliphatic heterocycles. The summed E-state index contributed by atoms with van der Waals surface area (Å²) in [6, 6.07) is 19.7. The van der Waals surface area contributed by atoms with Crippen molar-refractivity contribution in [1.82, 2.24) is 15.5 Å². The van der Waals surface area contributed by atoms with E-state index >= 15 is 0 Å². The summed E-state index contributed by atoms with van der Waals surface area (Å²) >= 11 is 0. The Balaban J connectivity index is 1.49. The molecule has 34 heavy (non-hydrogen) atoms. The van der Waals surface area contributed by atoms with E-state index in [2.05, 4.69) is 15.5 Å². The van der Waals surface area contributed by atoms with Crippen LogP contribution in [0.2, 0.25) is 0 Å². The average Bonchev–Trinajstić information content (AvgIpc) is 2.87. The van der Waals surface area contributed by atoms with Gasteiger partial charge in [-0.05, 0) is 64.3 Å². The molecule has 1 saturated heterocycles. The molecule has 1 fully saturated rings. The maximum absolute atomic E-state index is 13.2. The van der Waals surface area contributed by atoms with Crippen molar-refractivity contribution in [2.75, 3.05) is 26.2 Å². The Bertz CT molecular complexity index is 841. The van der Waals surface area contributed by atoms with E-state index in [1.165, 1.54) is 0 Å². The molecule has 2 aromatic carbocycles. The van der Waals surface area contributed by atoms with Crippen LogP contribution in [-0.2, 0) is 14.3 Å². The lowest BCUT2D eigenvalue weighted by atomic mass is 9.94. The fourth-order valence-electron chi connectivity index (χ4n) is 4.37. The second-order valence-electron chi connectivity index (χ2n) is 9.31. The summed E-state index contributed by atoms with van der Waals surface area (Å²) in [5.74, 6) is 0.138. The average molecular weight is 466 g/mol. The largest absolute Gasteiger partial charge is 0.379 e. The zero-order chi connectivity index (χ0) is 24.3. The molecule has 0 aliphatic carbocycles. The maximum atomic E-state index is 13.2. The number of rotatable bonds is 11. The van der Waals surface area contributed by atoms with Gasteiger partial charge in [0.25, 0.3) is 0 Å². The van der Waals surface area contributed by atoms with Crippen LogP contribution in [0.15, 0.2) is 60.7 Å². The van der Waals surface area contributed by atoms with Gasteiger partial charge in [0.1, 0.15) is 0 Å². The van der Waals surface area contributed by atoms with Gasteiger partial charge < -0.3 is 15.4 Å². The van der Waals surface area contributed by atoms with E-state index in [4.69, 9.17) is 4.74 Å². The van der Waals surface area contributed by atoms with Crippen LogP contribution in [0.1, 0.15) is 57.2 Å². The van der Waals surface area contributed by atoms with Crippen LogP contribution in [0.25, 0.3) is 0 Å². The van der Waals surface area contributed by atoms with Gasteiger partial charge in [0, 0.05) is 19.1 Å². The van der Waals surface area contributed by atoms with Crippen LogP contribution in [0.5, 0.6) is 0 Å². The second kappa shape index (κ2) is 13.3. The monoisotopic (exact) mass is 465 g/mol. The molecule has 0 radical (unpaired) electrons. The summed E-state index contributed by atoms with van der Waals surface area (Å²) in [5.41, 5.74) is 2.12. The first kappa shape index (κ1) is 25.9. The first-order chi connectivity index (χ1) is 16.5. The first-order valence-electron chi connectivity index (χ1n) is 12.5. The van der Waals surface area contributed by atoms with E-state index in [1.54, 1.807) is 0 Å². The lowest BCUT2D eigenvalue weighted by Gasteiger charge is -2.35. The van der Waals surface area contributed by atoms with Crippen molar-refractivity contribution in [3.63, 3.8) is 0 Å². The number of ether oxygens (including phenoxy) is 1. The molecule has 0 saturated carbocycles. The minimum Gasteiger partial charge on any atom is -0.379 e. The molecule has 0 bridgehead atoms. The predicted octanol–water partition coefficient (Wildman–Crippen LogP) is 3.92. The van der Waals surface area contributed by atoms with Crippen molar-refractivity contribution in [2.45, 2.75) is 58.2 Å². The molecule has 2 aromatic rings. The van der Waals surface area contributed by atoms with Crippen molar-refractivity contribution in [2.24, 2.45) is 5.92 Å². The quantitative estimate of drug-likeness (QED) is 0.494. The molecule has 1 atom stereocenters. The Labute approximate surface area is 204 Å². The topological polar surface area (TPSA) is 70.7 Å². The van der Waals surface area contributed by atoms with Crippen molar-refractivity contribution >= 4 is 11.8 Å². The van der Waals surface area contributed by atoms with Crippen molar-refractivity contribution in [3.8, 4) is 0 Å². The molecule has 184 valence electrons. The molecular formula is C28H39N3O3. The third kappa shape index (κ3) is 7.67. The third-order valence-corrected chi connectivity index (χ3v) is 6.45. The van der Waals surface area contributed by atoms with Gasteiger partial charge in [-0.2, -0.15) is 0 Å². The number of nitrogens with zero attached hydrogens (tertiary/aromatic N) is 1. The Kier molecular flexibility index (Phi) is 10.1. The SMILES string of the molecule is CC(C)OCCCNC(=O)C1CCN(C(C)C(=O)NC(c2ccccc2)c2ccccc2)CC1. The molecular weight excluding hydrogens is 426 g/mol. The summed E-state index contributed by atoms with van der Waals surface area (Å²) in [6.45, 7) is 8.77. The summed E-state index contributed by atoms with van der Waals surface area (Å²) in [6.07, 6.45) is 2.58. The fourth-order valence-corrected chi connectivity index (χ4v) is 4.37. The van der Waals surface area contributed by atoms with E-state index in [0.29, 0.717) is 13.2 Å². The van der Waals surface area contributed by atoms with E-state index < -0.39 is 0 Å². The minimum absolute atomic E-state index is 0.00533. The van der Waals surface area contributed by atoms with Gasteiger partial charge in [-0.25, -0.2) is 0 Å². The molecule has 1 aliphatic rings. The summed E-state index contributed by atoms with van der Waals surface area (Å²) < 4.78 is 5.52. The van der Waals surface area contributed by atoms with Crippen LogP contribution >= 0.6 is 0 Å². The van der Waals surface area contributed by atoms with Gasteiger partial charge in [-0.15, -0.1) is 0 Å². The zero-order valence-corrected chi connectivity index (χ0v) is 20.7. The number of benzene rings is 2. The number of carbonyl (C=O) groups excluding carboxylic acids is 2. The van der Waals surface area contributed by atoms with Crippen LogP contribution in [-0.4, -0.2) is 55.1 Å². The Morgan fingerprint density at radius 3 is 2.03 bits per heavy atom. The van der Waals surface area contributed by atoms with Gasteiger partial charge in [0.15, 0.2) is 0 Å². The minimum atomic E-state index is -0.257. The molecule has 3 rings (SSSR count). The van der Waals surface area contributed by atoms with Crippen LogP contribution in [0.4, 0.5) is 0 Å². The highest BCUT2D eigenvalue weighted by Crippen LogP contribution is 2.23. The number of carbonyl (C=O) groups is 2. The maximum Gasteiger partial charge on any atom is 0.237 e. The van der Waals surface area contributed by atoms with Gasteiger partial charge >= 0.3 is 0 Å². The van der Waals surface area contributed by atoms with Crippen LogP contribution in [0.3, 0.4) is 0 Å². The van der Waals surface area contributed by atoms with Gasteiger partial charge in [-0.3, -0.25) is 14.5 Å². The number of hydrogen-bond donors (Lipinski definition) is 2. The van der Waals surface area contributed by atoms with Crippen molar-refractivity contribution in [1.29, 1.82) is 0 Å². The normalized spacial score (nSPS) is 15.9. The zero-order valence-electron chi connectivity index (χ0n) is 20.7. The van der Waals surface area contributed by atoms with E-state index in [0.717, 1.165) is 43.5 Å². The predicted molar refractivity (Wildman–Crippen MR) is 135 cm³/mol. The fraction of sp³-hybridized carbons (Fsp3) is 0.500. The first-order valence-corrected chi connectivity index (χ1v) is 12.5. The highest BCUT2D eigenvalue weighted by Gasteiger charge is 2.30. The molecule has 6 nitrogen and oxygen atoms in total. The number of nitrogens with one attached hydrogen (secondary N) is 2. The highest BCUT2D eigenvalue weighted by molar-refractivity contribution is 5.82. The van der Waals surface area contributed by atoms with E-state index in [-0.39, 0.29) is 35.9 Å². The lowest BCUT2D eigenvalue weighted by Crippen LogP contribution is -2.50. The summed E-state index contributed by atoms with van der Waals surface area (Å²) in [5, 5.41) is 6.30. The molecule has 0 aromatic heterocycles. The smallest absolute Gasteiger partial charge is 0.237 e. The van der Waals surface area contributed by atoms with Crippen molar-refractivity contribution < 1.29 is 14.3 Å². The number of piperidine rings is 1. The number of amides is 2. The summed E-state index contributed by atoms with van der Waals surface area (Å²) in [4.78, 5) is 27.9. The molecule has 0 spiro atoms. The molecule has 2 N–H and O–H groups in total. The highest BCUT2D eigenvalue weighted by atomic mass is 16.5. The molecule has 2 amide bonds.